The van der Waals surface area contributed by atoms with Gasteiger partial charge in [-0.25, -0.2) is 0 Å². The number of halogens is 1. The molecule has 40 valence electrons. The van der Waals surface area contributed by atoms with Crippen molar-refractivity contribution >= 4 is 35.8 Å². The van der Waals surface area contributed by atoms with Gasteiger partial charge in [0.25, 0.3) is 0 Å². The molecule has 1 atom stereocenters. The van der Waals surface area contributed by atoms with Gasteiger partial charge >= 0.3 is 0 Å². The number of hydrogen-bond donors (Lipinski definition) is 0. The van der Waals surface area contributed by atoms with Crippen molar-refractivity contribution < 1.29 is 0 Å². The van der Waals surface area contributed by atoms with Crippen LogP contribution in [0.3, 0.4) is 0 Å². The van der Waals surface area contributed by atoms with Crippen molar-refractivity contribution in [2.24, 2.45) is 0 Å². The molecule has 0 saturated carbocycles. The summed E-state index contributed by atoms with van der Waals surface area (Å²) in [6, 6.07) is 0. The SMILES string of the molecule is C=C(C)CB(P)I. The Hall–Kier alpha value is 0.965. The van der Waals surface area contributed by atoms with Crippen LogP contribution >= 0.6 is 31.5 Å². The van der Waals surface area contributed by atoms with Gasteiger partial charge in [0, 0.05) is 0 Å². The Bertz CT molecular complexity index is 72.1. The normalized spacial score (nSPS) is 8.43. The second kappa shape index (κ2) is 3.91. The highest BCUT2D eigenvalue weighted by Crippen LogP contribution is 2.13. The lowest BCUT2D eigenvalue weighted by atomic mass is 9.97. The summed E-state index contributed by atoms with van der Waals surface area (Å²) < 4.78 is 0.662. The van der Waals surface area contributed by atoms with E-state index in [0.29, 0.717) is 4.29 Å². The van der Waals surface area contributed by atoms with Crippen molar-refractivity contribution in [1.29, 1.82) is 0 Å². The third-order valence-corrected chi connectivity index (χ3v) is 1.22. The van der Waals surface area contributed by atoms with Crippen LogP contribution in [0.1, 0.15) is 6.92 Å². The maximum Gasteiger partial charge on any atom is 0.243 e. The first-order valence-corrected chi connectivity index (χ1v) is 4.08. The smallest absolute Gasteiger partial charge is 0.159 e. The maximum absolute atomic E-state index is 3.78. The Morgan fingerprint density at radius 1 is 2.00 bits per heavy atom. The Labute approximate surface area is 61.3 Å². The average molecular weight is 226 g/mol. The molecule has 0 radical (unpaired) electrons. The molecule has 0 aromatic heterocycles. The molecule has 0 amide bonds. The van der Waals surface area contributed by atoms with Crippen LogP contribution in [0.4, 0.5) is 0 Å². The number of rotatable bonds is 2. The summed E-state index contributed by atoms with van der Waals surface area (Å²) in [5.41, 5.74) is 1.26. The van der Waals surface area contributed by atoms with Crippen LogP contribution < -0.4 is 0 Å². The van der Waals surface area contributed by atoms with Crippen molar-refractivity contribution in [3.05, 3.63) is 12.2 Å². The van der Waals surface area contributed by atoms with Crippen LogP contribution in [0.15, 0.2) is 12.2 Å². The topological polar surface area (TPSA) is 0 Å². The fourth-order valence-electron chi connectivity index (χ4n) is 0.333. The summed E-state index contributed by atoms with van der Waals surface area (Å²) in [5.74, 6) is 0. The molecule has 0 rings (SSSR count). The Balaban J connectivity index is 3.13. The molecule has 0 aliphatic carbocycles. The maximum atomic E-state index is 3.78. The van der Waals surface area contributed by atoms with Crippen LogP contribution in [-0.4, -0.2) is 4.29 Å². The second-order valence-corrected chi connectivity index (χ2v) is 5.44. The molecule has 0 nitrogen and oxygen atoms in total. The number of allylic oxidation sites excluding steroid dienone is 1. The minimum absolute atomic E-state index is 0.662. The summed E-state index contributed by atoms with van der Waals surface area (Å²) in [6.45, 7) is 5.83. The van der Waals surface area contributed by atoms with Gasteiger partial charge in [-0.05, 0) is 13.2 Å². The highest BCUT2D eigenvalue weighted by molar-refractivity contribution is 14.1. The van der Waals surface area contributed by atoms with E-state index in [2.05, 4.69) is 45.0 Å². The summed E-state index contributed by atoms with van der Waals surface area (Å²) in [6.07, 6.45) is 1.12. The predicted molar refractivity (Wildman–Crippen MR) is 49.1 cm³/mol. The van der Waals surface area contributed by atoms with E-state index in [0.717, 1.165) is 6.32 Å². The lowest BCUT2D eigenvalue weighted by Crippen LogP contribution is -1.87. The molecule has 0 saturated heterocycles. The minimum Gasteiger partial charge on any atom is -0.159 e. The molecule has 0 aromatic rings. The highest BCUT2D eigenvalue weighted by Gasteiger charge is 1.98. The van der Waals surface area contributed by atoms with Gasteiger partial charge in [-0.1, -0.05) is 5.57 Å². The molecule has 0 aliphatic heterocycles. The van der Waals surface area contributed by atoms with E-state index in [9.17, 15) is 0 Å². The first-order chi connectivity index (χ1) is 3.13. The van der Waals surface area contributed by atoms with Crippen molar-refractivity contribution in [2.75, 3.05) is 0 Å². The third-order valence-electron chi connectivity index (χ3n) is 0.543. The van der Waals surface area contributed by atoms with Gasteiger partial charge < -0.3 is 0 Å². The van der Waals surface area contributed by atoms with Crippen LogP contribution in [-0.2, 0) is 0 Å². The first kappa shape index (κ1) is 7.96. The molecule has 0 fully saturated rings. The van der Waals surface area contributed by atoms with E-state index in [1.165, 1.54) is 5.57 Å². The summed E-state index contributed by atoms with van der Waals surface area (Å²) in [4.78, 5) is 0. The van der Waals surface area contributed by atoms with E-state index >= 15 is 0 Å². The molecule has 7 heavy (non-hydrogen) atoms. The molecule has 3 heteroatoms. The summed E-state index contributed by atoms with van der Waals surface area (Å²) >= 11 is 2.36. The fourth-order valence-corrected chi connectivity index (χ4v) is 1.49. The molecule has 0 aliphatic rings. The second-order valence-electron chi connectivity index (χ2n) is 1.68. The zero-order valence-electron chi connectivity index (χ0n) is 4.45. The highest BCUT2D eigenvalue weighted by atomic mass is 127. The van der Waals surface area contributed by atoms with Gasteiger partial charge in [-0.2, -0.15) is 9.12 Å². The van der Waals surface area contributed by atoms with Gasteiger partial charge in [0.2, 0.25) is 4.29 Å². The van der Waals surface area contributed by atoms with Crippen LogP contribution in [0.2, 0.25) is 6.32 Å². The van der Waals surface area contributed by atoms with Crippen LogP contribution in [0.5, 0.6) is 0 Å². The van der Waals surface area contributed by atoms with E-state index in [-0.39, 0.29) is 0 Å². The van der Waals surface area contributed by atoms with Gasteiger partial charge in [-0.3, -0.25) is 0 Å². The molecule has 1 unspecified atom stereocenters. The minimum atomic E-state index is 0.662. The standard InChI is InChI=1S/C4H9BIP/c1-4(2)3-5(6)7/h1,3,7H2,2H3. The molecular formula is C4H9BIP. The number of hydrogen-bond acceptors (Lipinski definition) is 0. The van der Waals surface area contributed by atoms with E-state index in [1.54, 1.807) is 0 Å². The van der Waals surface area contributed by atoms with Gasteiger partial charge in [-0.15, -0.1) is 29.0 Å². The van der Waals surface area contributed by atoms with Gasteiger partial charge in [0.15, 0.2) is 0 Å². The van der Waals surface area contributed by atoms with Gasteiger partial charge in [0.1, 0.15) is 0 Å². The van der Waals surface area contributed by atoms with E-state index in [1.807, 2.05) is 0 Å². The van der Waals surface area contributed by atoms with Crippen molar-refractivity contribution in [3.8, 4) is 0 Å². The predicted octanol–water partition coefficient (Wildman–Crippen LogP) is 2.36. The van der Waals surface area contributed by atoms with Gasteiger partial charge in [0.05, 0.1) is 0 Å². The molecule has 0 heterocycles. The van der Waals surface area contributed by atoms with E-state index in [4.69, 9.17) is 0 Å². The zero-order chi connectivity index (χ0) is 5.86. The van der Waals surface area contributed by atoms with Crippen molar-refractivity contribution in [1.82, 2.24) is 0 Å². The van der Waals surface area contributed by atoms with Crippen molar-refractivity contribution in [2.45, 2.75) is 13.2 Å². The fraction of sp³-hybridized carbons (Fsp3) is 0.500. The van der Waals surface area contributed by atoms with Crippen molar-refractivity contribution in [3.63, 3.8) is 0 Å². The summed E-state index contributed by atoms with van der Waals surface area (Å²) in [7, 11) is 2.73. The average Bonchev–Trinajstić information content (AvgIpc) is 1.27. The Morgan fingerprint density at radius 3 is 2.43 bits per heavy atom. The Kier molecular flexibility index (Phi) is 4.44. The third kappa shape index (κ3) is 6.96. The zero-order valence-corrected chi connectivity index (χ0v) is 7.76. The van der Waals surface area contributed by atoms with E-state index < -0.39 is 0 Å². The Morgan fingerprint density at radius 2 is 2.43 bits per heavy atom. The largest absolute Gasteiger partial charge is 0.243 e. The van der Waals surface area contributed by atoms with Crippen LogP contribution in [0.25, 0.3) is 0 Å². The molecule has 0 aromatic carbocycles. The van der Waals surface area contributed by atoms with Crippen LogP contribution in [0, 0.1) is 0 Å². The first-order valence-electron chi connectivity index (χ1n) is 2.17. The lowest BCUT2D eigenvalue weighted by Gasteiger charge is -1.94. The quantitative estimate of drug-likeness (QED) is 0.293. The monoisotopic (exact) mass is 226 g/mol. The molecule has 0 N–H and O–H groups in total. The molecule has 0 spiro atoms. The lowest BCUT2D eigenvalue weighted by molar-refractivity contribution is 1.41. The molecule has 0 bridgehead atoms. The molecular weight excluding hydrogens is 217 g/mol. The summed E-state index contributed by atoms with van der Waals surface area (Å²) in [5, 5.41) is 0.